The molecule has 0 atom stereocenters. The molecule has 1 aliphatic rings. The van der Waals surface area contributed by atoms with Gasteiger partial charge in [-0.1, -0.05) is 0 Å². The van der Waals surface area contributed by atoms with Crippen LogP contribution in [0.1, 0.15) is 23.3 Å². The topological polar surface area (TPSA) is 86.6 Å². The smallest absolute Gasteiger partial charge is 0.323 e. The van der Waals surface area contributed by atoms with Gasteiger partial charge in [-0.15, -0.1) is 10.2 Å². The second kappa shape index (κ2) is 5.21. The molecule has 1 aliphatic carbocycles. The van der Waals surface area contributed by atoms with Crippen LogP contribution in [0.3, 0.4) is 0 Å². The fraction of sp³-hybridized carbons (Fsp3) is 0.500. The minimum absolute atomic E-state index is 0.0969. The van der Waals surface area contributed by atoms with Crippen LogP contribution in [0.4, 0.5) is 5.82 Å². The molecule has 1 heterocycles. The standard InChI is InChI=1S/C12H16N4O3/c1-15(2)12(19)9-5-6-10(14-13-9)16(7-11(17)18)8-3-4-8/h5-6,8H,3-4,7H2,1-2H3,(H,17,18). The fourth-order valence-electron chi connectivity index (χ4n) is 1.75. The SMILES string of the molecule is CN(C)C(=O)c1ccc(N(CC(=O)O)C2CC2)nn1. The minimum atomic E-state index is -0.901. The number of aliphatic carboxylic acids is 1. The average molecular weight is 264 g/mol. The maximum atomic E-state index is 11.7. The summed E-state index contributed by atoms with van der Waals surface area (Å²) in [5.41, 5.74) is 0.250. The third-order valence-corrected chi connectivity index (χ3v) is 2.86. The van der Waals surface area contributed by atoms with Crippen LogP contribution in [0.15, 0.2) is 12.1 Å². The Morgan fingerprint density at radius 2 is 2.00 bits per heavy atom. The summed E-state index contributed by atoms with van der Waals surface area (Å²) in [6, 6.07) is 3.44. The number of nitrogens with zero attached hydrogens (tertiary/aromatic N) is 4. The molecular weight excluding hydrogens is 248 g/mol. The summed E-state index contributed by atoms with van der Waals surface area (Å²) in [4.78, 5) is 25.6. The summed E-state index contributed by atoms with van der Waals surface area (Å²) < 4.78 is 0. The molecule has 0 saturated heterocycles. The molecule has 2 rings (SSSR count). The quantitative estimate of drug-likeness (QED) is 0.819. The predicted octanol–water partition coefficient (Wildman–Crippen LogP) is 0.232. The summed E-state index contributed by atoms with van der Waals surface area (Å²) in [5, 5.41) is 16.7. The van der Waals surface area contributed by atoms with Gasteiger partial charge < -0.3 is 14.9 Å². The van der Waals surface area contributed by atoms with Crippen LogP contribution in [-0.4, -0.2) is 58.8 Å². The molecule has 1 amide bonds. The summed E-state index contributed by atoms with van der Waals surface area (Å²) in [6.07, 6.45) is 1.93. The summed E-state index contributed by atoms with van der Waals surface area (Å²) in [5.74, 6) is -0.627. The van der Waals surface area contributed by atoms with E-state index in [0.717, 1.165) is 12.8 Å². The first-order valence-electron chi connectivity index (χ1n) is 6.03. The molecule has 102 valence electrons. The number of anilines is 1. The fourth-order valence-corrected chi connectivity index (χ4v) is 1.75. The Morgan fingerprint density at radius 3 is 2.42 bits per heavy atom. The maximum Gasteiger partial charge on any atom is 0.323 e. The Hall–Kier alpha value is -2.18. The summed E-state index contributed by atoms with van der Waals surface area (Å²) >= 11 is 0. The van der Waals surface area contributed by atoms with Crippen molar-refractivity contribution in [3.05, 3.63) is 17.8 Å². The Labute approximate surface area is 110 Å². The molecule has 1 aromatic rings. The Morgan fingerprint density at radius 1 is 1.32 bits per heavy atom. The van der Waals surface area contributed by atoms with Crippen molar-refractivity contribution in [2.24, 2.45) is 0 Å². The van der Waals surface area contributed by atoms with Gasteiger partial charge in [0.1, 0.15) is 6.54 Å². The van der Waals surface area contributed by atoms with Crippen LogP contribution in [-0.2, 0) is 4.79 Å². The molecule has 0 unspecified atom stereocenters. The first-order chi connectivity index (χ1) is 8.99. The number of hydrogen-bond donors (Lipinski definition) is 1. The van der Waals surface area contributed by atoms with E-state index in [1.807, 2.05) is 0 Å². The van der Waals surface area contributed by atoms with Gasteiger partial charge in [0.2, 0.25) is 0 Å². The molecule has 1 aromatic heterocycles. The van der Waals surface area contributed by atoms with E-state index in [2.05, 4.69) is 10.2 Å². The van der Waals surface area contributed by atoms with Crippen LogP contribution in [0, 0.1) is 0 Å². The molecule has 0 aromatic carbocycles. The van der Waals surface area contributed by atoms with E-state index in [9.17, 15) is 9.59 Å². The molecule has 0 aliphatic heterocycles. The van der Waals surface area contributed by atoms with Crippen molar-refractivity contribution >= 4 is 17.7 Å². The van der Waals surface area contributed by atoms with E-state index in [1.54, 1.807) is 31.1 Å². The van der Waals surface area contributed by atoms with Gasteiger partial charge in [0.15, 0.2) is 11.5 Å². The lowest BCUT2D eigenvalue weighted by atomic mass is 10.3. The number of carbonyl (C=O) groups excluding carboxylic acids is 1. The molecule has 0 bridgehead atoms. The lowest BCUT2D eigenvalue weighted by Crippen LogP contribution is -2.33. The first-order valence-corrected chi connectivity index (χ1v) is 6.03. The van der Waals surface area contributed by atoms with Crippen LogP contribution in [0.25, 0.3) is 0 Å². The lowest BCUT2D eigenvalue weighted by Gasteiger charge is -2.20. The van der Waals surface area contributed by atoms with E-state index in [-0.39, 0.29) is 24.2 Å². The molecule has 7 nitrogen and oxygen atoms in total. The monoisotopic (exact) mass is 264 g/mol. The highest BCUT2D eigenvalue weighted by Gasteiger charge is 2.31. The van der Waals surface area contributed by atoms with E-state index in [1.165, 1.54) is 4.90 Å². The highest BCUT2D eigenvalue weighted by atomic mass is 16.4. The normalized spacial score (nSPS) is 14.0. The van der Waals surface area contributed by atoms with Crippen molar-refractivity contribution < 1.29 is 14.7 Å². The van der Waals surface area contributed by atoms with E-state index >= 15 is 0 Å². The van der Waals surface area contributed by atoms with Gasteiger partial charge in [0.05, 0.1) is 0 Å². The van der Waals surface area contributed by atoms with E-state index in [4.69, 9.17) is 5.11 Å². The third-order valence-electron chi connectivity index (χ3n) is 2.86. The third kappa shape index (κ3) is 3.18. The zero-order valence-electron chi connectivity index (χ0n) is 10.9. The van der Waals surface area contributed by atoms with Gasteiger partial charge >= 0.3 is 5.97 Å². The maximum absolute atomic E-state index is 11.7. The van der Waals surface area contributed by atoms with Crippen LogP contribution in [0.5, 0.6) is 0 Å². The summed E-state index contributed by atoms with van der Waals surface area (Å²) in [7, 11) is 3.28. The van der Waals surface area contributed by atoms with Gasteiger partial charge in [-0.3, -0.25) is 9.59 Å². The van der Waals surface area contributed by atoms with E-state index in [0.29, 0.717) is 5.82 Å². The highest BCUT2D eigenvalue weighted by molar-refractivity contribution is 5.91. The molecule has 0 radical (unpaired) electrons. The largest absolute Gasteiger partial charge is 0.480 e. The number of hydrogen-bond acceptors (Lipinski definition) is 5. The first kappa shape index (κ1) is 13.3. The van der Waals surface area contributed by atoms with Gasteiger partial charge in [-0.05, 0) is 25.0 Å². The lowest BCUT2D eigenvalue weighted by molar-refractivity contribution is -0.135. The second-order valence-electron chi connectivity index (χ2n) is 4.73. The number of rotatable bonds is 5. The number of amides is 1. The average Bonchev–Trinajstić information content (AvgIpc) is 3.19. The predicted molar refractivity (Wildman–Crippen MR) is 68.1 cm³/mol. The molecule has 1 fully saturated rings. The molecule has 19 heavy (non-hydrogen) atoms. The number of carbonyl (C=O) groups is 2. The number of carboxylic acids is 1. The molecule has 1 N–H and O–H groups in total. The van der Waals surface area contributed by atoms with Gasteiger partial charge in [0.25, 0.3) is 5.91 Å². The summed E-state index contributed by atoms with van der Waals surface area (Å²) in [6.45, 7) is -0.0969. The number of carboxylic acid groups (broad SMARTS) is 1. The van der Waals surface area contributed by atoms with Crippen molar-refractivity contribution in [2.45, 2.75) is 18.9 Å². The van der Waals surface area contributed by atoms with E-state index < -0.39 is 5.97 Å². The van der Waals surface area contributed by atoms with Crippen molar-refractivity contribution in [2.75, 3.05) is 25.5 Å². The second-order valence-corrected chi connectivity index (χ2v) is 4.73. The molecule has 1 saturated carbocycles. The molecular formula is C12H16N4O3. The Balaban J connectivity index is 2.16. The van der Waals surface area contributed by atoms with Crippen LogP contribution >= 0.6 is 0 Å². The number of aromatic nitrogens is 2. The zero-order valence-corrected chi connectivity index (χ0v) is 10.9. The van der Waals surface area contributed by atoms with Gasteiger partial charge in [-0.2, -0.15) is 0 Å². The Bertz CT molecular complexity index is 482. The van der Waals surface area contributed by atoms with Crippen molar-refractivity contribution in [1.29, 1.82) is 0 Å². The van der Waals surface area contributed by atoms with Crippen molar-refractivity contribution in [1.82, 2.24) is 15.1 Å². The van der Waals surface area contributed by atoms with Crippen LogP contribution < -0.4 is 4.90 Å². The van der Waals surface area contributed by atoms with Crippen LogP contribution in [0.2, 0.25) is 0 Å². The highest BCUT2D eigenvalue weighted by Crippen LogP contribution is 2.29. The van der Waals surface area contributed by atoms with Crippen molar-refractivity contribution in [3.8, 4) is 0 Å². The molecule has 0 spiro atoms. The van der Waals surface area contributed by atoms with Gasteiger partial charge in [0, 0.05) is 20.1 Å². The zero-order chi connectivity index (χ0) is 14.0. The minimum Gasteiger partial charge on any atom is -0.480 e. The van der Waals surface area contributed by atoms with Crippen molar-refractivity contribution in [3.63, 3.8) is 0 Å². The molecule has 7 heteroatoms. The van der Waals surface area contributed by atoms with Gasteiger partial charge in [-0.25, -0.2) is 0 Å². The Kier molecular flexibility index (Phi) is 3.64.